The third-order valence-corrected chi connectivity index (χ3v) is 13.3. The summed E-state index contributed by atoms with van der Waals surface area (Å²) in [6.45, 7) is 0. The van der Waals surface area contributed by atoms with Gasteiger partial charge in [-0.25, -0.2) is 4.98 Å². The molecule has 13 aromatic rings. The summed E-state index contributed by atoms with van der Waals surface area (Å²) in [6.07, 6.45) is 0. The first-order valence-corrected chi connectivity index (χ1v) is 21.1. The summed E-state index contributed by atoms with van der Waals surface area (Å²) in [5.41, 5.74) is 15.3. The molecule has 0 aliphatic rings. The number of aromatic nitrogens is 3. The highest BCUT2D eigenvalue weighted by Gasteiger charge is 2.21. The summed E-state index contributed by atoms with van der Waals surface area (Å²) in [6, 6.07) is 71.8. The van der Waals surface area contributed by atoms with E-state index in [1.807, 2.05) is 12.1 Å². The van der Waals surface area contributed by atoms with Gasteiger partial charge in [-0.15, -0.1) is 11.3 Å². The third kappa shape index (κ3) is 4.87. The summed E-state index contributed by atoms with van der Waals surface area (Å²) in [4.78, 5) is 5.50. The second kappa shape index (κ2) is 12.9. The molecule has 0 aliphatic carbocycles. The van der Waals surface area contributed by atoms with Crippen LogP contribution < -0.4 is 0 Å². The molecule has 4 heterocycles. The number of hydrogen-bond donors (Lipinski definition) is 0. The Hall–Kier alpha value is -7.73. The van der Waals surface area contributed by atoms with E-state index >= 15 is 0 Å². The molecule has 60 heavy (non-hydrogen) atoms. The maximum absolute atomic E-state index is 6.54. The summed E-state index contributed by atoms with van der Waals surface area (Å²) in [7, 11) is 0. The lowest BCUT2D eigenvalue weighted by molar-refractivity contribution is 0.670. The highest BCUT2D eigenvalue weighted by atomic mass is 32.1. The highest BCUT2D eigenvalue weighted by molar-refractivity contribution is 7.22. The summed E-state index contributed by atoms with van der Waals surface area (Å²) >= 11 is 1.73. The molecule has 4 aromatic heterocycles. The van der Waals surface area contributed by atoms with Crippen LogP contribution in [0.1, 0.15) is 0 Å². The Kier molecular flexibility index (Phi) is 7.14. The molecule has 0 unspecified atom stereocenters. The van der Waals surface area contributed by atoms with Crippen LogP contribution in [0.3, 0.4) is 0 Å². The Morgan fingerprint density at radius 2 is 0.817 bits per heavy atom. The van der Waals surface area contributed by atoms with Gasteiger partial charge < -0.3 is 13.6 Å². The molecule has 0 amide bonds. The van der Waals surface area contributed by atoms with Crippen molar-refractivity contribution in [3.8, 4) is 44.2 Å². The van der Waals surface area contributed by atoms with E-state index in [1.54, 1.807) is 11.3 Å². The fourth-order valence-corrected chi connectivity index (χ4v) is 10.6. The van der Waals surface area contributed by atoms with Crippen molar-refractivity contribution >= 4 is 87.1 Å². The first-order valence-electron chi connectivity index (χ1n) is 20.3. The maximum Gasteiger partial charge on any atom is 0.145 e. The van der Waals surface area contributed by atoms with Crippen LogP contribution in [0.5, 0.6) is 0 Å². The van der Waals surface area contributed by atoms with Gasteiger partial charge in [0.05, 0.1) is 37.8 Å². The van der Waals surface area contributed by atoms with Gasteiger partial charge in [-0.3, -0.25) is 0 Å². The van der Waals surface area contributed by atoms with Crippen molar-refractivity contribution in [2.24, 2.45) is 0 Å². The Labute approximate surface area is 348 Å². The predicted octanol–water partition coefficient (Wildman–Crippen LogP) is 15.4. The van der Waals surface area contributed by atoms with E-state index in [4.69, 9.17) is 9.40 Å². The van der Waals surface area contributed by atoms with Crippen LogP contribution in [0.2, 0.25) is 0 Å². The fourth-order valence-electron chi connectivity index (χ4n) is 9.48. The molecule has 0 spiro atoms. The van der Waals surface area contributed by atoms with Crippen LogP contribution in [-0.4, -0.2) is 14.1 Å². The van der Waals surface area contributed by atoms with Crippen molar-refractivity contribution in [2.45, 2.75) is 0 Å². The van der Waals surface area contributed by atoms with Gasteiger partial charge in [-0.05, 0) is 71.8 Å². The van der Waals surface area contributed by atoms with Crippen LogP contribution in [-0.2, 0) is 0 Å². The van der Waals surface area contributed by atoms with E-state index in [0.29, 0.717) is 0 Å². The molecular formula is C55H33N3OS. The van der Waals surface area contributed by atoms with Crippen LogP contribution in [0.4, 0.5) is 0 Å². The van der Waals surface area contributed by atoms with Gasteiger partial charge in [-0.1, -0.05) is 140 Å². The maximum atomic E-state index is 6.54. The molecular weight excluding hydrogens is 751 g/mol. The molecule has 0 saturated heterocycles. The Balaban J connectivity index is 0.976. The Bertz CT molecular complexity index is 3520. The number of hydrogen-bond acceptors (Lipinski definition) is 3. The zero-order valence-corrected chi connectivity index (χ0v) is 33.0. The molecule has 0 fully saturated rings. The number of fused-ring (bicyclic) bond motifs is 10. The van der Waals surface area contributed by atoms with Crippen molar-refractivity contribution in [1.82, 2.24) is 14.1 Å². The van der Waals surface area contributed by atoms with Crippen LogP contribution in [0, 0.1) is 0 Å². The van der Waals surface area contributed by atoms with E-state index < -0.39 is 0 Å². The van der Waals surface area contributed by atoms with E-state index in [-0.39, 0.29) is 0 Å². The molecule has 0 bridgehead atoms. The van der Waals surface area contributed by atoms with Crippen molar-refractivity contribution < 1.29 is 4.42 Å². The van der Waals surface area contributed by atoms with Gasteiger partial charge in [0, 0.05) is 54.8 Å². The summed E-state index contributed by atoms with van der Waals surface area (Å²) < 4.78 is 12.4. The monoisotopic (exact) mass is 783 g/mol. The molecule has 13 rings (SSSR count). The van der Waals surface area contributed by atoms with E-state index in [1.165, 1.54) is 43.6 Å². The SMILES string of the molecule is c1ccc2c(c1)oc1c(-c3nc4c(-c5ccc(-n6c7ccccc7c7ccccc76)cc5)ccc(-c5ccc(-n6c7ccccc7c7ccccc76)cc5)c4s3)cccc12. The van der Waals surface area contributed by atoms with Crippen molar-refractivity contribution in [3.63, 3.8) is 0 Å². The number of furan rings is 1. The zero-order valence-electron chi connectivity index (χ0n) is 32.2. The smallest absolute Gasteiger partial charge is 0.145 e. The largest absolute Gasteiger partial charge is 0.455 e. The van der Waals surface area contributed by atoms with Gasteiger partial charge in [0.25, 0.3) is 0 Å². The second-order valence-corrected chi connectivity index (χ2v) is 16.5. The molecule has 9 aromatic carbocycles. The molecule has 280 valence electrons. The number of nitrogens with zero attached hydrogens (tertiary/aromatic N) is 3. The van der Waals surface area contributed by atoms with Crippen LogP contribution in [0.25, 0.3) is 120 Å². The lowest BCUT2D eigenvalue weighted by Gasteiger charge is -2.12. The standard InChI is InChI=1S/C55H33N3OS/c1-6-19-47-40(12-1)41-13-2-7-20-48(41)57(47)36-28-24-34(25-29-36)38-32-33-39(35-26-30-37(31-27-35)58-49-21-8-3-14-42(49)43-15-4-9-22-50(43)58)54-52(38)56-55(60-54)46-18-11-17-45-44-16-5-10-23-51(44)59-53(45)46/h1-33H. The molecule has 5 heteroatoms. The quantitative estimate of drug-likeness (QED) is 0.174. The van der Waals surface area contributed by atoms with Gasteiger partial charge in [-0.2, -0.15) is 0 Å². The summed E-state index contributed by atoms with van der Waals surface area (Å²) in [5, 5.41) is 8.18. The minimum absolute atomic E-state index is 0.868. The number of rotatable bonds is 5. The minimum Gasteiger partial charge on any atom is -0.455 e. The van der Waals surface area contributed by atoms with E-state index in [2.05, 4.69) is 197 Å². The zero-order chi connectivity index (χ0) is 39.3. The van der Waals surface area contributed by atoms with Crippen LogP contribution in [0.15, 0.2) is 205 Å². The van der Waals surface area contributed by atoms with Crippen molar-refractivity contribution in [2.75, 3.05) is 0 Å². The van der Waals surface area contributed by atoms with Crippen molar-refractivity contribution in [1.29, 1.82) is 0 Å². The number of benzene rings is 9. The minimum atomic E-state index is 0.868. The first kappa shape index (κ1) is 33.3. The van der Waals surface area contributed by atoms with Gasteiger partial charge in [0.1, 0.15) is 16.2 Å². The molecule has 0 radical (unpaired) electrons. The van der Waals surface area contributed by atoms with Crippen LogP contribution >= 0.6 is 11.3 Å². The highest BCUT2D eigenvalue weighted by Crippen LogP contribution is 2.45. The number of thiazole rings is 1. The van der Waals surface area contributed by atoms with Gasteiger partial charge in [0.2, 0.25) is 0 Å². The molecule has 0 N–H and O–H groups in total. The first-order chi connectivity index (χ1) is 29.8. The fraction of sp³-hybridized carbons (Fsp3) is 0. The second-order valence-electron chi connectivity index (χ2n) is 15.5. The molecule has 0 atom stereocenters. The molecule has 4 nitrogen and oxygen atoms in total. The predicted molar refractivity (Wildman–Crippen MR) is 252 cm³/mol. The lowest BCUT2D eigenvalue weighted by atomic mass is 9.98. The Morgan fingerprint density at radius 1 is 0.367 bits per heavy atom. The van der Waals surface area contributed by atoms with E-state index in [0.717, 1.165) is 76.4 Å². The Morgan fingerprint density at radius 3 is 1.37 bits per heavy atom. The van der Waals surface area contributed by atoms with Crippen molar-refractivity contribution in [3.05, 3.63) is 200 Å². The average molecular weight is 784 g/mol. The van der Waals surface area contributed by atoms with Gasteiger partial charge in [0.15, 0.2) is 0 Å². The topological polar surface area (TPSA) is 35.9 Å². The van der Waals surface area contributed by atoms with E-state index in [9.17, 15) is 0 Å². The molecule has 0 saturated carbocycles. The average Bonchev–Trinajstić information content (AvgIpc) is 4.09. The normalized spacial score (nSPS) is 12.0. The number of para-hydroxylation sites is 6. The summed E-state index contributed by atoms with van der Waals surface area (Å²) in [5.74, 6) is 0. The molecule has 0 aliphatic heterocycles. The lowest BCUT2D eigenvalue weighted by Crippen LogP contribution is -1.94. The van der Waals surface area contributed by atoms with Gasteiger partial charge >= 0.3 is 0 Å². The third-order valence-electron chi connectivity index (χ3n) is 12.2.